The molecule has 2 aromatic heterocycles. The second-order valence-electron chi connectivity index (χ2n) is 6.15. The highest BCUT2D eigenvalue weighted by Gasteiger charge is 2.17. The van der Waals surface area contributed by atoms with Crippen LogP contribution in [0.25, 0.3) is 33.7 Å². The van der Waals surface area contributed by atoms with Crippen molar-refractivity contribution in [1.29, 1.82) is 0 Å². The number of fused-ring (bicyclic) bond motifs is 1. The van der Waals surface area contributed by atoms with Crippen LogP contribution in [0.3, 0.4) is 0 Å². The summed E-state index contributed by atoms with van der Waals surface area (Å²) in [5, 5.41) is 11.0. The quantitative estimate of drug-likeness (QED) is 0.429. The molecule has 27 heavy (non-hydrogen) atoms. The Hall–Kier alpha value is -2.82. The van der Waals surface area contributed by atoms with Crippen molar-refractivity contribution in [1.82, 2.24) is 4.98 Å². The topological polar surface area (TPSA) is 63.3 Å². The summed E-state index contributed by atoms with van der Waals surface area (Å²) >= 11 is 12.3. The van der Waals surface area contributed by atoms with Crippen LogP contribution in [0.15, 0.2) is 59.0 Å². The first-order chi connectivity index (χ1) is 12.9. The third-order valence-electron chi connectivity index (χ3n) is 4.27. The minimum Gasteiger partial charge on any atom is -0.478 e. The Labute approximate surface area is 165 Å². The molecule has 0 unspecified atom stereocenters. The maximum Gasteiger partial charge on any atom is 0.336 e. The molecule has 0 saturated heterocycles. The number of benzene rings is 2. The third kappa shape index (κ3) is 3.18. The molecule has 4 nitrogen and oxygen atoms in total. The maximum absolute atomic E-state index is 11.7. The molecule has 2 heterocycles. The average molecular weight is 398 g/mol. The Balaban J connectivity index is 1.86. The van der Waals surface area contributed by atoms with E-state index < -0.39 is 5.97 Å². The molecule has 2 aromatic carbocycles. The van der Waals surface area contributed by atoms with Gasteiger partial charge in [-0.3, -0.25) is 0 Å². The SMILES string of the molecule is Cc1ccc2nc(-c3ccc(-c4cccc(Cl)c4Cl)o3)cc(C(=O)O)c2c1. The first-order valence-electron chi connectivity index (χ1n) is 8.13. The van der Waals surface area contributed by atoms with Crippen LogP contribution < -0.4 is 0 Å². The van der Waals surface area contributed by atoms with Gasteiger partial charge in [0.25, 0.3) is 0 Å². The van der Waals surface area contributed by atoms with Crippen LogP contribution in [-0.2, 0) is 0 Å². The number of aromatic carboxylic acids is 1. The highest BCUT2D eigenvalue weighted by atomic mass is 35.5. The van der Waals surface area contributed by atoms with E-state index in [9.17, 15) is 9.90 Å². The van der Waals surface area contributed by atoms with Crippen molar-refractivity contribution in [2.75, 3.05) is 0 Å². The molecule has 0 bridgehead atoms. The molecule has 0 saturated carbocycles. The molecule has 4 rings (SSSR count). The molecule has 0 radical (unpaired) electrons. The van der Waals surface area contributed by atoms with Gasteiger partial charge in [-0.05, 0) is 49.4 Å². The number of carbonyl (C=O) groups is 1. The monoisotopic (exact) mass is 397 g/mol. The zero-order chi connectivity index (χ0) is 19.1. The van der Waals surface area contributed by atoms with Gasteiger partial charge in [0.15, 0.2) is 5.76 Å². The fourth-order valence-electron chi connectivity index (χ4n) is 2.96. The van der Waals surface area contributed by atoms with E-state index in [4.69, 9.17) is 27.6 Å². The normalized spacial score (nSPS) is 11.1. The third-order valence-corrected chi connectivity index (χ3v) is 5.09. The molecular formula is C21H13Cl2NO3. The van der Waals surface area contributed by atoms with Crippen molar-refractivity contribution in [3.63, 3.8) is 0 Å². The largest absolute Gasteiger partial charge is 0.478 e. The van der Waals surface area contributed by atoms with Crippen LogP contribution >= 0.6 is 23.2 Å². The number of aryl methyl sites for hydroxylation is 1. The van der Waals surface area contributed by atoms with Gasteiger partial charge in [-0.1, -0.05) is 40.9 Å². The van der Waals surface area contributed by atoms with E-state index in [1.165, 1.54) is 6.07 Å². The second kappa shape index (κ2) is 6.72. The number of halogens is 2. The number of nitrogens with zero attached hydrogens (tertiary/aromatic N) is 1. The lowest BCUT2D eigenvalue weighted by atomic mass is 10.0. The van der Waals surface area contributed by atoms with Crippen molar-refractivity contribution in [3.05, 3.63) is 75.8 Å². The number of hydrogen-bond donors (Lipinski definition) is 1. The average Bonchev–Trinajstić information content (AvgIpc) is 3.13. The maximum atomic E-state index is 11.7. The van der Waals surface area contributed by atoms with Gasteiger partial charge >= 0.3 is 5.97 Å². The molecule has 0 aliphatic carbocycles. The molecular weight excluding hydrogens is 385 g/mol. The Morgan fingerprint density at radius 2 is 1.81 bits per heavy atom. The van der Waals surface area contributed by atoms with E-state index in [2.05, 4.69) is 4.98 Å². The van der Waals surface area contributed by atoms with E-state index in [1.54, 1.807) is 36.4 Å². The van der Waals surface area contributed by atoms with Gasteiger partial charge < -0.3 is 9.52 Å². The number of pyridine rings is 1. The van der Waals surface area contributed by atoms with E-state index >= 15 is 0 Å². The number of furan rings is 1. The van der Waals surface area contributed by atoms with E-state index in [0.717, 1.165) is 5.56 Å². The van der Waals surface area contributed by atoms with Gasteiger partial charge in [0, 0.05) is 10.9 Å². The molecule has 1 N–H and O–H groups in total. The zero-order valence-electron chi connectivity index (χ0n) is 14.2. The Bertz CT molecular complexity index is 1200. The lowest BCUT2D eigenvalue weighted by molar-refractivity contribution is 0.0699. The minimum absolute atomic E-state index is 0.178. The molecule has 134 valence electrons. The number of carboxylic acid groups (broad SMARTS) is 1. The summed E-state index contributed by atoms with van der Waals surface area (Å²) in [6, 6.07) is 15.8. The highest BCUT2D eigenvalue weighted by molar-refractivity contribution is 6.43. The van der Waals surface area contributed by atoms with Gasteiger partial charge in [-0.2, -0.15) is 0 Å². The van der Waals surface area contributed by atoms with Gasteiger partial charge in [0.2, 0.25) is 0 Å². The summed E-state index contributed by atoms with van der Waals surface area (Å²) < 4.78 is 5.90. The van der Waals surface area contributed by atoms with E-state index in [1.807, 2.05) is 19.1 Å². The van der Waals surface area contributed by atoms with Crippen molar-refractivity contribution in [2.24, 2.45) is 0 Å². The van der Waals surface area contributed by atoms with Crippen LogP contribution in [0.1, 0.15) is 15.9 Å². The van der Waals surface area contributed by atoms with Gasteiger partial charge in [0.1, 0.15) is 11.5 Å². The molecule has 0 amide bonds. The first kappa shape index (κ1) is 17.6. The summed E-state index contributed by atoms with van der Waals surface area (Å²) in [6.45, 7) is 1.91. The van der Waals surface area contributed by atoms with Crippen molar-refractivity contribution in [3.8, 4) is 22.8 Å². The second-order valence-corrected chi connectivity index (χ2v) is 6.93. The van der Waals surface area contributed by atoms with Gasteiger partial charge in [-0.15, -0.1) is 0 Å². The van der Waals surface area contributed by atoms with Crippen LogP contribution in [0, 0.1) is 6.92 Å². The lowest BCUT2D eigenvalue weighted by Crippen LogP contribution is -2.00. The predicted molar refractivity (Wildman–Crippen MR) is 107 cm³/mol. The van der Waals surface area contributed by atoms with Crippen LogP contribution in [0.5, 0.6) is 0 Å². The lowest BCUT2D eigenvalue weighted by Gasteiger charge is -2.07. The van der Waals surface area contributed by atoms with E-state index in [0.29, 0.717) is 43.7 Å². The Morgan fingerprint density at radius 1 is 1.04 bits per heavy atom. The smallest absolute Gasteiger partial charge is 0.336 e. The predicted octanol–water partition coefficient (Wildman–Crippen LogP) is 6.48. The van der Waals surface area contributed by atoms with Crippen molar-refractivity contribution in [2.45, 2.75) is 6.92 Å². The Kier molecular flexibility index (Phi) is 4.38. The summed E-state index contributed by atoms with van der Waals surface area (Å²) in [6.07, 6.45) is 0. The molecule has 0 aliphatic heterocycles. The summed E-state index contributed by atoms with van der Waals surface area (Å²) in [7, 11) is 0. The van der Waals surface area contributed by atoms with Crippen LogP contribution in [0.4, 0.5) is 0 Å². The molecule has 4 aromatic rings. The van der Waals surface area contributed by atoms with Gasteiger partial charge in [0.05, 0.1) is 21.1 Å². The minimum atomic E-state index is -1.01. The number of carboxylic acids is 1. The standard InChI is InChI=1S/C21H13Cl2NO3/c1-11-5-6-16-13(9-11)14(21(25)26)10-17(24-16)19-8-7-18(27-19)12-3-2-4-15(22)20(12)23/h2-10H,1H3,(H,25,26). The van der Waals surface area contributed by atoms with Crippen molar-refractivity contribution < 1.29 is 14.3 Å². The fraction of sp³-hybridized carbons (Fsp3) is 0.0476. The Morgan fingerprint density at radius 3 is 2.59 bits per heavy atom. The summed E-state index contributed by atoms with van der Waals surface area (Å²) in [4.78, 5) is 16.3. The summed E-state index contributed by atoms with van der Waals surface area (Å²) in [5.74, 6) is -0.0369. The number of rotatable bonds is 3. The van der Waals surface area contributed by atoms with E-state index in [-0.39, 0.29) is 5.56 Å². The molecule has 0 spiro atoms. The number of aromatic nitrogens is 1. The van der Waals surface area contributed by atoms with Crippen LogP contribution in [0.2, 0.25) is 10.0 Å². The first-order valence-corrected chi connectivity index (χ1v) is 8.89. The molecule has 0 aliphatic rings. The molecule has 0 atom stereocenters. The van der Waals surface area contributed by atoms with Gasteiger partial charge in [-0.25, -0.2) is 9.78 Å². The van der Waals surface area contributed by atoms with Crippen LogP contribution in [-0.4, -0.2) is 16.1 Å². The summed E-state index contributed by atoms with van der Waals surface area (Å²) in [5.41, 5.74) is 2.83. The molecule has 6 heteroatoms. The molecule has 0 fully saturated rings. The highest BCUT2D eigenvalue weighted by Crippen LogP contribution is 2.36. The zero-order valence-corrected chi connectivity index (χ0v) is 15.7. The van der Waals surface area contributed by atoms with Crippen molar-refractivity contribution >= 4 is 40.1 Å². The number of hydrogen-bond acceptors (Lipinski definition) is 3. The fourth-order valence-corrected chi connectivity index (χ4v) is 3.35.